The molecule has 0 bridgehead atoms. The van der Waals surface area contributed by atoms with Crippen LogP contribution in [0.25, 0.3) is 0 Å². The second kappa shape index (κ2) is 6.33. The Bertz CT molecular complexity index is 304. The van der Waals surface area contributed by atoms with Gasteiger partial charge >= 0.3 is 0 Å². The molecule has 0 aliphatic heterocycles. The summed E-state index contributed by atoms with van der Waals surface area (Å²) in [6, 6.07) is 0. The van der Waals surface area contributed by atoms with Crippen molar-refractivity contribution in [3.05, 3.63) is 16.1 Å². The zero-order valence-electron chi connectivity index (χ0n) is 10.7. The average Bonchev–Trinajstić information content (AvgIpc) is 2.65. The molecule has 1 aromatic rings. The van der Waals surface area contributed by atoms with Crippen LogP contribution >= 0.6 is 11.3 Å². The molecule has 0 amide bonds. The molecule has 1 N–H and O–H groups in total. The van der Waals surface area contributed by atoms with Crippen molar-refractivity contribution in [3.8, 4) is 0 Å². The maximum absolute atomic E-state index is 4.97. The van der Waals surface area contributed by atoms with Crippen LogP contribution in [0.15, 0.2) is 5.38 Å². The van der Waals surface area contributed by atoms with Crippen LogP contribution in [-0.4, -0.2) is 31.8 Å². The average molecular weight is 242 g/mol. The first-order chi connectivity index (χ1) is 7.54. The van der Waals surface area contributed by atoms with E-state index in [4.69, 9.17) is 4.74 Å². The summed E-state index contributed by atoms with van der Waals surface area (Å²) in [6.07, 6.45) is 1.00. The Kier molecular flexibility index (Phi) is 5.38. The molecule has 0 aromatic carbocycles. The number of hydrogen-bond donors (Lipinski definition) is 1. The van der Waals surface area contributed by atoms with Crippen molar-refractivity contribution in [2.75, 3.05) is 26.8 Å². The van der Waals surface area contributed by atoms with E-state index in [0.29, 0.717) is 0 Å². The molecule has 0 aliphatic rings. The van der Waals surface area contributed by atoms with Crippen LogP contribution in [-0.2, 0) is 16.6 Å². The van der Waals surface area contributed by atoms with Crippen molar-refractivity contribution < 1.29 is 4.74 Å². The van der Waals surface area contributed by atoms with Crippen LogP contribution in [0.4, 0.5) is 0 Å². The molecule has 0 saturated heterocycles. The van der Waals surface area contributed by atoms with Gasteiger partial charge in [-0.3, -0.25) is 0 Å². The number of thiazole rings is 1. The first kappa shape index (κ1) is 13.6. The third-order valence-electron chi connectivity index (χ3n) is 2.32. The number of nitrogens with one attached hydrogen (secondary N) is 1. The van der Waals surface area contributed by atoms with Gasteiger partial charge in [0.05, 0.1) is 17.3 Å². The van der Waals surface area contributed by atoms with Gasteiger partial charge < -0.3 is 10.1 Å². The summed E-state index contributed by atoms with van der Waals surface area (Å²) in [6.45, 7) is 9.24. The molecule has 0 radical (unpaired) electrons. The fourth-order valence-corrected chi connectivity index (χ4v) is 2.29. The van der Waals surface area contributed by atoms with Crippen LogP contribution < -0.4 is 5.32 Å². The Labute approximate surface area is 102 Å². The normalized spacial score (nSPS) is 12.0. The first-order valence-corrected chi connectivity index (χ1v) is 6.56. The molecule has 0 spiro atoms. The molecule has 92 valence electrons. The van der Waals surface area contributed by atoms with Crippen molar-refractivity contribution in [1.82, 2.24) is 10.3 Å². The Hall–Kier alpha value is -0.450. The summed E-state index contributed by atoms with van der Waals surface area (Å²) in [5.74, 6) is 0. The lowest BCUT2D eigenvalue weighted by atomic mass is 9.93. The quantitative estimate of drug-likeness (QED) is 0.777. The van der Waals surface area contributed by atoms with Gasteiger partial charge in [0.2, 0.25) is 0 Å². The zero-order chi connectivity index (χ0) is 12.0. The predicted octanol–water partition coefficient (Wildman–Crippen LogP) is 2.22. The van der Waals surface area contributed by atoms with Crippen LogP contribution in [0.2, 0.25) is 0 Å². The second-order valence-corrected chi connectivity index (χ2v) is 5.81. The molecule has 1 rings (SSSR count). The lowest BCUT2D eigenvalue weighted by molar-refractivity contribution is 0.199. The van der Waals surface area contributed by atoms with Crippen molar-refractivity contribution in [1.29, 1.82) is 0 Å². The molecule has 16 heavy (non-hydrogen) atoms. The maximum atomic E-state index is 4.97. The highest BCUT2D eigenvalue weighted by Crippen LogP contribution is 2.23. The zero-order valence-corrected chi connectivity index (χ0v) is 11.5. The van der Waals surface area contributed by atoms with Crippen LogP contribution in [0, 0.1) is 0 Å². The summed E-state index contributed by atoms with van der Waals surface area (Å²) in [5.41, 5.74) is 1.36. The highest BCUT2D eigenvalue weighted by Gasteiger charge is 2.16. The fourth-order valence-electron chi connectivity index (χ4n) is 1.26. The van der Waals surface area contributed by atoms with E-state index in [1.54, 1.807) is 18.4 Å². The van der Waals surface area contributed by atoms with Gasteiger partial charge in [0.15, 0.2) is 0 Å². The Morgan fingerprint density at radius 1 is 1.38 bits per heavy atom. The first-order valence-electron chi connectivity index (χ1n) is 5.68. The van der Waals surface area contributed by atoms with Gasteiger partial charge in [-0.25, -0.2) is 4.98 Å². The van der Waals surface area contributed by atoms with Gasteiger partial charge in [-0.05, 0) is 0 Å². The minimum Gasteiger partial charge on any atom is -0.383 e. The molecule has 3 nitrogen and oxygen atoms in total. The summed E-state index contributed by atoms with van der Waals surface area (Å²) in [4.78, 5) is 4.65. The standard InChI is InChI=1S/C12H22N2OS/c1-12(2,3)10-9-16-11(14-10)5-6-13-7-8-15-4/h9,13H,5-8H2,1-4H3. The molecule has 0 atom stereocenters. The van der Waals surface area contributed by atoms with E-state index in [2.05, 4.69) is 36.5 Å². The Balaban J connectivity index is 2.30. The Morgan fingerprint density at radius 2 is 2.12 bits per heavy atom. The van der Waals surface area contributed by atoms with Crippen molar-refractivity contribution in [3.63, 3.8) is 0 Å². The van der Waals surface area contributed by atoms with Gasteiger partial charge in [0.1, 0.15) is 0 Å². The van der Waals surface area contributed by atoms with Gasteiger partial charge in [-0.15, -0.1) is 11.3 Å². The summed E-state index contributed by atoms with van der Waals surface area (Å²) in [7, 11) is 1.72. The molecule has 0 saturated carbocycles. The SMILES string of the molecule is COCCNCCc1nc(C(C)(C)C)cs1. The lowest BCUT2D eigenvalue weighted by Crippen LogP contribution is -2.21. The second-order valence-electron chi connectivity index (χ2n) is 4.87. The fraction of sp³-hybridized carbons (Fsp3) is 0.750. The van der Waals surface area contributed by atoms with Gasteiger partial charge in [-0.1, -0.05) is 20.8 Å². The minimum atomic E-state index is 0.165. The van der Waals surface area contributed by atoms with Crippen molar-refractivity contribution >= 4 is 11.3 Å². The lowest BCUT2D eigenvalue weighted by Gasteiger charge is -2.14. The van der Waals surface area contributed by atoms with E-state index in [0.717, 1.165) is 26.1 Å². The van der Waals surface area contributed by atoms with Crippen molar-refractivity contribution in [2.45, 2.75) is 32.6 Å². The topological polar surface area (TPSA) is 34.1 Å². The van der Waals surface area contributed by atoms with Gasteiger partial charge in [0, 0.05) is 37.4 Å². The number of rotatable bonds is 6. The van der Waals surface area contributed by atoms with E-state index in [-0.39, 0.29) is 5.41 Å². The third-order valence-corrected chi connectivity index (χ3v) is 3.23. The van der Waals surface area contributed by atoms with Crippen molar-refractivity contribution in [2.24, 2.45) is 0 Å². The molecular formula is C12H22N2OS. The third kappa shape index (κ3) is 4.60. The van der Waals surface area contributed by atoms with E-state index >= 15 is 0 Å². The highest BCUT2D eigenvalue weighted by molar-refractivity contribution is 7.09. The number of nitrogens with zero attached hydrogens (tertiary/aromatic N) is 1. The monoisotopic (exact) mass is 242 g/mol. The largest absolute Gasteiger partial charge is 0.383 e. The van der Waals surface area contributed by atoms with E-state index in [1.165, 1.54) is 10.7 Å². The molecule has 1 aromatic heterocycles. The van der Waals surface area contributed by atoms with Gasteiger partial charge in [0.25, 0.3) is 0 Å². The van der Waals surface area contributed by atoms with Crippen LogP contribution in [0.1, 0.15) is 31.5 Å². The maximum Gasteiger partial charge on any atom is 0.0941 e. The minimum absolute atomic E-state index is 0.165. The highest BCUT2D eigenvalue weighted by atomic mass is 32.1. The number of methoxy groups -OCH3 is 1. The summed E-state index contributed by atoms with van der Waals surface area (Å²) >= 11 is 1.76. The number of ether oxygens (including phenoxy) is 1. The molecular weight excluding hydrogens is 220 g/mol. The molecule has 0 fully saturated rings. The number of aromatic nitrogens is 1. The predicted molar refractivity (Wildman–Crippen MR) is 69.3 cm³/mol. The number of hydrogen-bond acceptors (Lipinski definition) is 4. The van der Waals surface area contributed by atoms with Crippen LogP contribution in [0.5, 0.6) is 0 Å². The molecule has 4 heteroatoms. The van der Waals surface area contributed by atoms with Gasteiger partial charge in [-0.2, -0.15) is 0 Å². The molecule has 0 aliphatic carbocycles. The summed E-state index contributed by atoms with van der Waals surface area (Å²) < 4.78 is 4.97. The summed E-state index contributed by atoms with van der Waals surface area (Å²) in [5, 5.41) is 6.71. The van der Waals surface area contributed by atoms with E-state index in [1.807, 2.05) is 0 Å². The molecule has 1 heterocycles. The van der Waals surface area contributed by atoms with Crippen LogP contribution in [0.3, 0.4) is 0 Å². The smallest absolute Gasteiger partial charge is 0.0941 e. The van der Waals surface area contributed by atoms with E-state index < -0.39 is 0 Å². The molecule has 0 unspecified atom stereocenters. The Morgan fingerprint density at radius 3 is 2.69 bits per heavy atom. The van der Waals surface area contributed by atoms with E-state index in [9.17, 15) is 0 Å².